The van der Waals surface area contributed by atoms with Crippen molar-refractivity contribution in [3.63, 3.8) is 0 Å². The smallest absolute Gasteiger partial charge is 0.339 e. The predicted octanol–water partition coefficient (Wildman–Crippen LogP) is 8.72. The van der Waals surface area contributed by atoms with Crippen molar-refractivity contribution in [1.82, 2.24) is 0 Å². The molecule has 0 bridgehead atoms. The monoisotopic (exact) mass is 582 g/mol. The molecule has 234 valence electrons. The maximum Gasteiger partial charge on any atom is 0.339 e. The second-order valence-electron chi connectivity index (χ2n) is 12.0. The molecular weight excluding hydrogens is 528 g/mol. The fourth-order valence-electron chi connectivity index (χ4n) is 5.93. The van der Waals surface area contributed by atoms with Crippen molar-refractivity contribution >= 4 is 11.9 Å². The Balaban J connectivity index is 1.26. The SMILES string of the molecule is CCCCCC1CCC(c2ccc(OC(=O)C3=CC=C(OCCCCCCOC(=O)CCCCCO)CC3)cc2)CC1. The first-order chi connectivity index (χ1) is 20.6. The molecule has 2 aliphatic rings. The van der Waals surface area contributed by atoms with Crippen LogP contribution in [-0.2, 0) is 19.1 Å². The zero-order chi connectivity index (χ0) is 29.8. The molecule has 0 saturated heterocycles. The number of ether oxygens (including phenoxy) is 3. The molecule has 0 heterocycles. The molecular formula is C36H54O6. The number of esters is 2. The summed E-state index contributed by atoms with van der Waals surface area (Å²) in [6.45, 7) is 3.57. The molecule has 0 atom stereocenters. The summed E-state index contributed by atoms with van der Waals surface area (Å²) in [6, 6.07) is 8.17. The predicted molar refractivity (Wildman–Crippen MR) is 167 cm³/mol. The summed E-state index contributed by atoms with van der Waals surface area (Å²) in [7, 11) is 0. The molecule has 1 aromatic carbocycles. The highest BCUT2D eigenvalue weighted by atomic mass is 16.5. The maximum absolute atomic E-state index is 12.7. The van der Waals surface area contributed by atoms with Gasteiger partial charge in [0, 0.05) is 25.0 Å². The first-order valence-corrected chi connectivity index (χ1v) is 16.7. The van der Waals surface area contributed by atoms with Crippen LogP contribution in [-0.4, -0.2) is 36.9 Å². The van der Waals surface area contributed by atoms with E-state index in [1.807, 2.05) is 24.3 Å². The molecule has 0 radical (unpaired) electrons. The van der Waals surface area contributed by atoms with E-state index in [1.165, 1.54) is 56.9 Å². The van der Waals surface area contributed by atoms with E-state index in [4.69, 9.17) is 19.3 Å². The van der Waals surface area contributed by atoms with E-state index in [0.29, 0.717) is 49.7 Å². The minimum atomic E-state index is -0.281. The Hall–Kier alpha value is -2.60. The topological polar surface area (TPSA) is 82.1 Å². The number of carbonyl (C=O) groups excluding carboxylic acids is 2. The van der Waals surface area contributed by atoms with Gasteiger partial charge in [0.25, 0.3) is 0 Å². The van der Waals surface area contributed by atoms with Gasteiger partial charge in [0.2, 0.25) is 0 Å². The first-order valence-electron chi connectivity index (χ1n) is 16.7. The number of aliphatic hydroxyl groups excluding tert-OH is 1. The quantitative estimate of drug-likeness (QED) is 0.0940. The van der Waals surface area contributed by atoms with Crippen LogP contribution >= 0.6 is 0 Å². The Morgan fingerprint density at radius 2 is 1.55 bits per heavy atom. The van der Waals surface area contributed by atoms with Gasteiger partial charge >= 0.3 is 11.9 Å². The van der Waals surface area contributed by atoms with Gasteiger partial charge in [0.15, 0.2) is 0 Å². The van der Waals surface area contributed by atoms with Crippen LogP contribution in [0.15, 0.2) is 47.7 Å². The highest BCUT2D eigenvalue weighted by molar-refractivity contribution is 5.90. The number of hydrogen-bond acceptors (Lipinski definition) is 6. The van der Waals surface area contributed by atoms with Gasteiger partial charge in [-0.05, 0) is 112 Å². The molecule has 1 fully saturated rings. The van der Waals surface area contributed by atoms with Gasteiger partial charge in [-0.25, -0.2) is 4.79 Å². The van der Waals surface area contributed by atoms with Crippen molar-refractivity contribution in [2.24, 2.45) is 5.92 Å². The molecule has 6 nitrogen and oxygen atoms in total. The van der Waals surface area contributed by atoms with E-state index in [1.54, 1.807) is 0 Å². The maximum atomic E-state index is 12.7. The summed E-state index contributed by atoms with van der Waals surface area (Å²) in [5.74, 6) is 2.63. The molecule has 1 aromatic rings. The number of rotatable bonds is 20. The highest BCUT2D eigenvalue weighted by Gasteiger charge is 2.22. The molecule has 0 aromatic heterocycles. The number of carbonyl (C=O) groups is 2. The lowest BCUT2D eigenvalue weighted by Gasteiger charge is -2.29. The van der Waals surface area contributed by atoms with Crippen LogP contribution in [0.5, 0.6) is 5.75 Å². The van der Waals surface area contributed by atoms with Gasteiger partial charge < -0.3 is 19.3 Å². The van der Waals surface area contributed by atoms with Gasteiger partial charge in [-0.1, -0.05) is 51.2 Å². The number of unbranched alkanes of at least 4 members (excludes halogenated alkanes) is 7. The molecule has 6 heteroatoms. The van der Waals surface area contributed by atoms with E-state index < -0.39 is 0 Å². The first kappa shape index (κ1) is 33.9. The van der Waals surface area contributed by atoms with Crippen LogP contribution in [0.2, 0.25) is 0 Å². The summed E-state index contributed by atoms with van der Waals surface area (Å²) >= 11 is 0. The summed E-state index contributed by atoms with van der Waals surface area (Å²) in [5, 5.41) is 8.75. The normalized spacial score (nSPS) is 18.6. The highest BCUT2D eigenvalue weighted by Crippen LogP contribution is 2.38. The largest absolute Gasteiger partial charge is 0.498 e. The third-order valence-electron chi connectivity index (χ3n) is 8.63. The minimum Gasteiger partial charge on any atom is -0.498 e. The fourth-order valence-corrected chi connectivity index (χ4v) is 5.93. The second-order valence-corrected chi connectivity index (χ2v) is 12.0. The average Bonchev–Trinajstić information content (AvgIpc) is 3.02. The van der Waals surface area contributed by atoms with E-state index in [0.717, 1.165) is 56.6 Å². The van der Waals surface area contributed by atoms with Crippen LogP contribution in [0.25, 0.3) is 0 Å². The van der Waals surface area contributed by atoms with Crippen molar-refractivity contribution in [2.45, 2.75) is 128 Å². The van der Waals surface area contributed by atoms with E-state index in [-0.39, 0.29) is 18.5 Å². The number of benzene rings is 1. The van der Waals surface area contributed by atoms with Crippen molar-refractivity contribution in [2.75, 3.05) is 19.8 Å². The Morgan fingerprint density at radius 3 is 2.24 bits per heavy atom. The molecule has 42 heavy (non-hydrogen) atoms. The standard InChI is InChI=1S/C36H54O6/c1-2-3-7-12-29-14-16-30(17-15-29)31-18-24-34(25-19-31)42-36(39)32-20-22-33(23-21-32)40-27-10-4-5-11-28-41-35(38)13-8-6-9-26-37/h18-20,22,24-25,29-30,37H,2-17,21,23,26-28H2,1H3. The number of allylic oxidation sites excluding steroid dienone is 3. The lowest BCUT2D eigenvalue weighted by atomic mass is 9.77. The summed E-state index contributed by atoms with van der Waals surface area (Å²) in [5.41, 5.74) is 2.05. The van der Waals surface area contributed by atoms with Crippen LogP contribution in [0.3, 0.4) is 0 Å². The van der Waals surface area contributed by atoms with E-state index in [9.17, 15) is 9.59 Å². The lowest BCUT2D eigenvalue weighted by molar-refractivity contribution is -0.144. The summed E-state index contributed by atoms with van der Waals surface area (Å²) < 4.78 is 16.8. The Labute approximate surface area is 253 Å². The molecule has 3 rings (SSSR count). The zero-order valence-corrected chi connectivity index (χ0v) is 26.0. The van der Waals surface area contributed by atoms with Gasteiger partial charge in [0.1, 0.15) is 5.75 Å². The summed E-state index contributed by atoms with van der Waals surface area (Å²) in [6.07, 6.45) is 22.3. The molecule has 0 amide bonds. The molecule has 1 saturated carbocycles. The van der Waals surface area contributed by atoms with Crippen LogP contribution in [0, 0.1) is 5.92 Å². The molecule has 1 N–H and O–H groups in total. The molecule has 2 aliphatic carbocycles. The van der Waals surface area contributed by atoms with Crippen molar-refractivity contribution < 1.29 is 28.9 Å². The molecule has 0 unspecified atom stereocenters. The van der Waals surface area contributed by atoms with Crippen LogP contribution in [0.4, 0.5) is 0 Å². The zero-order valence-electron chi connectivity index (χ0n) is 26.0. The molecule has 0 aliphatic heterocycles. The van der Waals surface area contributed by atoms with Crippen molar-refractivity contribution in [3.8, 4) is 5.75 Å². The summed E-state index contributed by atoms with van der Waals surface area (Å²) in [4.78, 5) is 24.3. The van der Waals surface area contributed by atoms with E-state index >= 15 is 0 Å². The number of aliphatic hydroxyl groups is 1. The van der Waals surface area contributed by atoms with Gasteiger partial charge in [-0.2, -0.15) is 0 Å². The third-order valence-corrected chi connectivity index (χ3v) is 8.63. The Morgan fingerprint density at radius 1 is 0.810 bits per heavy atom. The fraction of sp³-hybridized carbons (Fsp3) is 0.667. The third kappa shape index (κ3) is 13.1. The van der Waals surface area contributed by atoms with Crippen LogP contribution < -0.4 is 4.74 Å². The lowest BCUT2D eigenvalue weighted by Crippen LogP contribution is -2.14. The second kappa shape index (κ2) is 20.3. The number of hydrogen-bond donors (Lipinski definition) is 1. The average molecular weight is 583 g/mol. The van der Waals surface area contributed by atoms with Gasteiger partial charge in [0.05, 0.1) is 19.0 Å². The minimum absolute atomic E-state index is 0.143. The van der Waals surface area contributed by atoms with E-state index in [2.05, 4.69) is 19.1 Å². The molecule has 0 spiro atoms. The van der Waals surface area contributed by atoms with Crippen molar-refractivity contribution in [1.29, 1.82) is 0 Å². The van der Waals surface area contributed by atoms with Crippen LogP contribution in [0.1, 0.15) is 134 Å². The Bertz CT molecular complexity index is 971. The van der Waals surface area contributed by atoms with Crippen molar-refractivity contribution in [3.05, 3.63) is 53.3 Å². The van der Waals surface area contributed by atoms with Gasteiger partial charge in [-0.15, -0.1) is 0 Å². The van der Waals surface area contributed by atoms with Gasteiger partial charge in [-0.3, -0.25) is 4.79 Å². The Kier molecular flexibility index (Phi) is 16.4.